The van der Waals surface area contributed by atoms with Crippen LogP contribution in [-0.4, -0.2) is 4.98 Å². The maximum atomic E-state index is 12.8. The van der Waals surface area contributed by atoms with Gasteiger partial charge in [-0.15, -0.1) is 0 Å². The third-order valence-electron chi connectivity index (χ3n) is 1.66. The van der Waals surface area contributed by atoms with Gasteiger partial charge >= 0.3 is 0 Å². The average Bonchev–Trinajstić information content (AvgIpc) is 2.04. The van der Waals surface area contributed by atoms with Crippen LogP contribution in [0.4, 0.5) is 4.39 Å². The smallest absolute Gasteiger partial charge is 0.212 e. The van der Waals surface area contributed by atoms with Crippen LogP contribution in [0.2, 0.25) is 0 Å². The summed E-state index contributed by atoms with van der Waals surface area (Å²) in [6.45, 7) is 0. The Balaban J connectivity index is 2.89. The Bertz CT molecular complexity index is 428. The molecule has 12 heavy (non-hydrogen) atoms. The molecule has 0 atom stereocenters. The number of fused-ring (bicyclic) bond motifs is 1. The summed E-state index contributed by atoms with van der Waals surface area (Å²) in [5, 5.41) is 1.79. The van der Waals surface area contributed by atoms with Gasteiger partial charge in [-0.05, 0) is 21.3 Å². The van der Waals surface area contributed by atoms with Crippen LogP contribution in [0.3, 0.4) is 0 Å². The SMILES string of the molecule is Fc1cc2ccccc2c(Br)n1. The minimum absolute atomic E-state index is 0.458. The highest BCUT2D eigenvalue weighted by molar-refractivity contribution is 9.10. The molecule has 1 aromatic carbocycles. The van der Waals surface area contributed by atoms with Crippen molar-refractivity contribution in [3.8, 4) is 0 Å². The van der Waals surface area contributed by atoms with Crippen molar-refractivity contribution in [1.82, 2.24) is 4.98 Å². The van der Waals surface area contributed by atoms with Crippen LogP contribution in [0, 0.1) is 5.95 Å². The number of rotatable bonds is 0. The molecule has 0 aliphatic heterocycles. The maximum absolute atomic E-state index is 12.8. The fraction of sp³-hybridized carbons (Fsp3) is 0. The third kappa shape index (κ3) is 1.20. The Morgan fingerprint density at radius 1 is 1.25 bits per heavy atom. The number of halogens is 2. The predicted octanol–water partition coefficient (Wildman–Crippen LogP) is 3.14. The molecule has 0 aliphatic carbocycles. The van der Waals surface area contributed by atoms with Crippen LogP contribution in [0.25, 0.3) is 10.8 Å². The standard InChI is InChI=1S/C9H5BrFN/c10-9-7-4-2-1-3-6(7)5-8(11)12-9/h1-5H. The van der Waals surface area contributed by atoms with E-state index in [1.165, 1.54) is 6.07 Å². The van der Waals surface area contributed by atoms with Crippen LogP contribution < -0.4 is 0 Å². The highest BCUT2D eigenvalue weighted by Crippen LogP contribution is 2.21. The zero-order chi connectivity index (χ0) is 8.55. The van der Waals surface area contributed by atoms with Crippen molar-refractivity contribution in [2.45, 2.75) is 0 Å². The van der Waals surface area contributed by atoms with E-state index >= 15 is 0 Å². The molecule has 0 fully saturated rings. The normalized spacial score (nSPS) is 10.5. The first kappa shape index (κ1) is 7.68. The summed E-state index contributed by atoms with van der Waals surface area (Å²) in [6.07, 6.45) is 0. The summed E-state index contributed by atoms with van der Waals surface area (Å²) < 4.78 is 13.3. The van der Waals surface area contributed by atoms with Crippen LogP contribution in [0.15, 0.2) is 34.9 Å². The van der Waals surface area contributed by atoms with E-state index in [1.807, 2.05) is 24.3 Å². The lowest BCUT2D eigenvalue weighted by molar-refractivity contribution is 0.584. The molecule has 0 spiro atoms. The van der Waals surface area contributed by atoms with E-state index in [1.54, 1.807) is 0 Å². The Morgan fingerprint density at radius 2 is 2.00 bits per heavy atom. The van der Waals surface area contributed by atoms with Gasteiger partial charge in [0.15, 0.2) is 0 Å². The zero-order valence-corrected chi connectivity index (χ0v) is 7.68. The molecule has 0 radical (unpaired) electrons. The number of benzene rings is 1. The monoisotopic (exact) mass is 225 g/mol. The average molecular weight is 226 g/mol. The van der Waals surface area contributed by atoms with E-state index in [0.29, 0.717) is 4.60 Å². The summed E-state index contributed by atoms with van der Waals surface area (Å²) >= 11 is 3.20. The summed E-state index contributed by atoms with van der Waals surface area (Å²) in [6, 6.07) is 8.93. The lowest BCUT2D eigenvalue weighted by Gasteiger charge is -1.98. The Labute approximate surface area is 77.4 Å². The summed E-state index contributed by atoms with van der Waals surface area (Å²) in [4.78, 5) is 3.65. The van der Waals surface area contributed by atoms with Gasteiger partial charge in [-0.2, -0.15) is 4.39 Å². The van der Waals surface area contributed by atoms with Crippen LogP contribution in [0.1, 0.15) is 0 Å². The molecule has 0 saturated heterocycles. The second-order valence-electron chi connectivity index (χ2n) is 2.46. The van der Waals surface area contributed by atoms with Crippen molar-refractivity contribution in [1.29, 1.82) is 0 Å². The van der Waals surface area contributed by atoms with Gasteiger partial charge in [0, 0.05) is 11.5 Å². The highest BCUT2D eigenvalue weighted by atomic mass is 79.9. The number of nitrogens with zero attached hydrogens (tertiary/aromatic N) is 1. The Morgan fingerprint density at radius 3 is 2.83 bits per heavy atom. The second kappa shape index (κ2) is 2.83. The maximum Gasteiger partial charge on any atom is 0.214 e. The lowest BCUT2D eigenvalue weighted by atomic mass is 10.2. The molecule has 1 aromatic heterocycles. The van der Waals surface area contributed by atoms with Gasteiger partial charge in [0.2, 0.25) is 5.95 Å². The first-order valence-corrected chi connectivity index (χ1v) is 4.27. The van der Waals surface area contributed by atoms with Crippen molar-refractivity contribution in [3.63, 3.8) is 0 Å². The molecular formula is C9H5BrFN. The van der Waals surface area contributed by atoms with Crippen LogP contribution >= 0.6 is 15.9 Å². The molecule has 3 heteroatoms. The number of pyridine rings is 1. The van der Waals surface area contributed by atoms with Crippen LogP contribution in [0.5, 0.6) is 0 Å². The molecule has 1 nitrogen and oxygen atoms in total. The van der Waals surface area contributed by atoms with Crippen molar-refractivity contribution in [3.05, 3.63) is 40.9 Å². The number of aromatic nitrogens is 1. The lowest BCUT2D eigenvalue weighted by Crippen LogP contribution is -1.84. The van der Waals surface area contributed by atoms with Gasteiger partial charge < -0.3 is 0 Å². The topological polar surface area (TPSA) is 12.9 Å². The molecule has 0 bridgehead atoms. The van der Waals surface area contributed by atoms with Crippen molar-refractivity contribution in [2.24, 2.45) is 0 Å². The van der Waals surface area contributed by atoms with Crippen molar-refractivity contribution in [2.75, 3.05) is 0 Å². The molecule has 0 saturated carbocycles. The largest absolute Gasteiger partial charge is 0.214 e. The van der Waals surface area contributed by atoms with Gasteiger partial charge in [0.05, 0.1) is 0 Å². The molecule has 0 unspecified atom stereocenters. The van der Waals surface area contributed by atoms with E-state index < -0.39 is 5.95 Å². The van der Waals surface area contributed by atoms with Gasteiger partial charge in [-0.1, -0.05) is 24.3 Å². The van der Waals surface area contributed by atoms with Gasteiger partial charge in [-0.3, -0.25) is 0 Å². The van der Waals surface area contributed by atoms with Crippen molar-refractivity contribution >= 4 is 26.7 Å². The van der Waals surface area contributed by atoms with Crippen LogP contribution in [-0.2, 0) is 0 Å². The van der Waals surface area contributed by atoms with Crippen molar-refractivity contribution < 1.29 is 4.39 Å². The van der Waals surface area contributed by atoms with E-state index in [9.17, 15) is 4.39 Å². The minimum atomic E-state index is -0.458. The van der Waals surface area contributed by atoms with E-state index in [-0.39, 0.29) is 0 Å². The molecule has 0 amide bonds. The molecule has 2 aromatic rings. The van der Waals surface area contributed by atoms with Gasteiger partial charge in [0.1, 0.15) is 4.60 Å². The molecule has 0 aliphatic rings. The molecule has 60 valence electrons. The van der Waals surface area contributed by atoms with E-state index in [2.05, 4.69) is 20.9 Å². The summed E-state index contributed by atoms with van der Waals surface area (Å²) in [5.41, 5.74) is 0. The molecule has 0 N–H and O–H groups in total. The van der Waals surface area contributed by atoms with E-state index in [4.69, 9.17) is 0 Å². The highest BCUT2D eigenvalue weighted by Gasteiger charge is 2.00. The molecule has 2 rings (SSSR count). The minimum Gasteiger partial charge on any atom is -0.212 e. The quantitative estimate of drug-likeness (QED) is 0.629. The van der Waals surface area contributed by atoms with E-state index in [0.717, 1.165) is 10.8 Å². The summed E-state index contributed by atoms with van der Waals surface area (Å²) in [7, 11) is 0. The zero-order valence-electron chi connectivity index (χ0n) is 6.09. The second-order valence-corrected chi connectivity index (χ2v) is 3.21. The Hall–Kier alpha value is -0.960. The number of hydrogen-bond acceptors (Lipinski definition) is 1. The third-order valence-corrected chi connectivity index (χ3v) is 2.27. The Kier molecular flexibility index (Phi) is 1.81. The molecule has 1 heterocycles. The number of hydrogen-bond donors (Lipinski definition) is 0. The van der Waals surface area contributed by atoms with Gasteiger partial charge in [0.25, 0.3) is 0 Å². The molecular weight excluding hydrogens is 221 g/mol. The summed E-state index contributed by atoms with van der Waals surface area (Å²) in [5.74, 6) is -0.458. The first-order chi connectivity index (χ1) is 5.77. The predicted molar refractivity (Wildman–Crippen MR) is 49.4 cm³/mol. The fourth-order valence-electron chi connectivity index (χ4n) is 1.13. The van der Waals surface area contributed by atoms with Gasteiger partial charge in [-0.25, -0.2) is 4.98 Å². The first-order valence-electron chi connectivity index (χ1n) is 3.48. The fourth-order valence-corrected chi connectivity index (χ4v) is 1.66.